The van der Waals surface area contributed by atoms with Crippen molar-refractivity contribution in [2.24, 2.45) is 10.8 Å². The molecule has 0 spiro atoms. The van der Waals surface area contributed by atoms with Gasteiger partial charge in [0.15, 0.2) is 0 Å². The molecule has 2 aromatic carbocycles. The maximum Gasteiger partial charge on any atom is 0.271 e. The van der Waals surface area contributed by atoms with E-state index in [1.807, 2.05) is 62.4 Å². The molecule has 2 aromatic rings. The molecule has 1 atom stereocenters. The van der Waals surface area contributed by atoms with Crippen LogP contribution in [0.2, 0.25) is 0 Å². The van der Waals surface area contributed by atoms with Crippen molar-refractivity contribution in [1.29, 1.82) is 0 Å². The van der Waals surface area contributed by atoms with Crippen LogP contribution in [-0.2, 0) is 9.59 Å². The second-order valence-corrected chi connectivity index (χ2v) is 6.12. The van der Waals surface area contributed by atoms with Crippen LogP contribution in [0, 0.1) is 13.8 Å². The summed E-state index contributed by atoms with van der Waals surface area (Å²) >= 11 is 0. The summed E-state index contributed by atoms with van der Waals surface area (Å²) in [5, 5.41) is 8.74. The summed E-state index contributed by atoms with van der Waals surface area (Å²) in [5.41, 5.74) is 9.26. The number of aryl methyl sites for hydroxylation is 2. The van der Waals surface area contributed by atoms with Crippen molar-refractivity contribution in [1.82, 2.24) is 0 Å². The number of carbonyl (C=O) groups is 2. The van der Waals surface area contributed by atoms with E-state index in [1.54, 1.807) is 0 Å². The molecule has 6 nitrogen and oxygen atoms in total. The van der Waals surface area contributed by atoms with Gasteiger partial charge in [0.05, 0.1) is 5.69 Å². The van der Waals surface area contributed by atoms with Gasteiger partial charge in [-0.05, 0) is 43.2 Å². The van der Waals surface area contributed by atoms with Gasteiger partial charge >= 0.3 is 0 Å². The zero-order valence-electron chi connectivity index (χ0n) is 14.2. The Morgan fingerprint density at radius 3 is 2.56 bits per heavy atom. The summed E-state index contributed by atoms with van der Waals surface area (Å²) in [4.78, 5) is 24.4. The molecule has 1 aliphatic heterocycles. The Balaban J connectivity index is 1.85. The van der Waals surface area contributed by atoms with Gasteiger partial charge in [0.25, 0.3) is 5.91 Å². The predicted octanol–water partition coefficient (Wildman–Crippen LogP) is 2.36. The van der Waals surface area contributed by atoms with Gasteiger partial charge in [0, 0.05) is 12.1 Å². The minimum absolute atomic E-state index is 0.181. The van der Waals surface area contributed by atoms with Gasteiger partial charge < -0.3 is 11.1 Å². The van der Waals surface area contributed by atoms with E-state index in [0.717, 1.165) is 22.5 Å². The minimum Gasteiger partial charge on any atom is -0.368 e. The smallest absolute Gasteiger partial charge is 0.271 e. The zero-order valence-corrected chi connectivity index (χ0v) is 14.2. The van der Waals surface area contributed by atoms with Crippen LogP contribution in [0.5, 0.6) is 0 Å². The molecular weight excluding hydrogens is 316 g/mol. The summed E-state index contributed by atoms with van der Waals surface area (Å²) in [7, 11) is 0. The van der Waals surface area contributed by atoms with Gasteiger partial charge in [-0.25, -0.2) is 0 Å². The first kappa shape index (κ1) is 16.7. The maximum atomic E-state index is 12.6. The molecule has 0 unspecified atom stereocenters. The van der Waals surface area contributed by atoms with Crippen molar-refractivity contribution >= 4 is 28.9 Å². The highest BCUT2D eigenvalue weighted by molar-refractivity contribution is 6.44. The third-order valence-electron chi connectivity index (χ3n) is 4.16. The van der Waals surface area contributed by atoms with Crippen molar-refractivity contribution < 1.29 is 9.59 Å². The Bertz CT molecular complexity index is 846. The van der Waals surface area contributed by atoms with Gasteiger partial charge in [-0.1, -0.05) is 30.3 Å². The molecule has 0 radical (unpaired) electrons. The third-order valence-corrected chi connectivity index (χ3v) is 4.16. The first-order chi connectivity index (χ1) is 12.0. The van der Waals surface area contributed by atoms with E-state index >= 15 is 0 Å². The predicted molar refractivity (Wildman–Crippen MR) is 98.5 cm³/mol. The van der Waals surface area contributed by atoms with E-state index in [9.17, 15) is 9.59 Å². The number of hydrogen-bond donors (Lipinski definition) is 2. The molecule has 0 fully saturated rings. The molecule has 0 aliphatic carbocycles. The SMILES string of the molecule is Cc1ccc(C)c(NC(=O)C2=NN(c3ccccc3)[C@@H](C(N)=O)C2)c1. The Morgan fingerprint density at radius 1 is 1.16 bits per heavy atom. The lowest BCUT2D eigenvalue weighted by Crippen LogP contribution is -2.39. The normalized spacial score (nSPS) is 16.5. The van der Waals surface area contributed by atoms with Crippen molar-refractivity contribution in [3.8, 4) is 0 Å². The number of para-hydroxylation sites is 1. The zero-order chi connectivity index (χ0) is 18.0. The van der Waals surface area contributed by atoms with Gasteiger partial charge in [0.2, 0.25) is 5.91 Å². The summed E-state index contributed by atoms with van der Waals surface area (Å²) in [6.45, 7) is 3.89. The van der Waals surface area contributed by atoms with Crippen molar-refractivity contribution in [3.05, 3.63) is 59.7 Å². The highest BCUT2D eigenvalue weighted by Crippen LogP contribution is 2.25. The standard InChI is InChI=1S/C19H20N4O2/c1-12-8-9-13(2)15(10-12)21-19(25)16-11-17(18(20)24)23(22-16)14-6-4-3-5-7-14/h3-10,17H,11H2,1-2H3,(H2,20,24)(H,21,25)/t17-/m1/s1. The first-order valence-electron chi connectivity index (χ1n) is 8.05. The lowest BCUT2D eigenvalue weighted by molar-refractivity contribution is -0.119. The van der Waals surface area contributed by atoms with E-state index in [4.69, 9.17) is 5.73 Å². The van der Waals surface area contributed by atoms with E-state index in [2.05, 4.69) is 10.4 Å². The molecule has 1 aliphatic rings. The molecule has 0 aromatic heterocycles. The van der Waals surface area contributed by atoms with Crippen LogP contribution < -0.4 is 16.1 Å². The molecule has 128 valence electrons. The average Bonchev–Trinajstić information content (AvgIpc) is 3.05. The number of rotatable bonds is 4. The number of nitrogens with zero attached hydrogens (tertiary/aromatic N) is 2. The van der Waals surface area contributed by atoms with Crippen LogP contribution in [0.3, 0.4) is 0 Å². The van der Waals surface area contributed by atoms with E-state index in [-0.39, 0.29) is 18.0 Å². The topological polar surface area (TPSA) is 87.8 Å². The number of hydrogen-bond acceptors (Lipinski definition) is 4. The molecule has 25 heavy (non-hydrogen) atoms. The lowest BCUT2D eigenvalue weighted by atomic mass is 10.1. The largest absolute Gasteiger partial charge is 0.368 e. The van der Waals surface area contributed by atoms with Crippen LogP contribution in [0.4, 0.5) is 11.4 Å². The Hall–Kier alpha value is -3.15. The van der Waals surface area contributed by atoms with Crippen LogP contribution in [0.1, 0.15) is 17.5 Å². The minimum atomic E-state index is -0.665. The molecular formula is C19H20N4O2. The monoisotopic (exact) mass is 336 g/mol. The third kappa shape index (κ3) is 3.52. The summed E-state index contributed by atoms with van der Waals surface area (Å²) in [5.74, 6) is -0.833. The van der Waals surface area contributed by atoms with Crippen molar-refractivity contribution in [2.75, 3.05) is 10.3 Å². The van der Waals surface area contributed by atoms with Crippen LogP contribution in [-0.4, -0.2) is 23.6 Å². The maximum absolute atomic E-state index is 12.6. The molecule has 1 heterocycles. The fraction of sp³-hybridized carbons (Fsp3) is 0.211. The Labute approximate surface area is 146 Å². The number of nitrogens with one attached hydrogen (secondary N) is 1. The van der Waals surface area contributed by atoms with Crippen molar-refractivity contribution in [3.63, 3.8) is 0 Å². The molecule has 0 bridgehead atoms. The van der Waals surface area contributed by atoms with Crippen LogP contribution in [0.15, 0.2) is 53.6 Å². The second kappa shape index (κ2) is 6.76. The fourth-order valence-electron chi connectivity index (χ4n) is 2.75. The summed E-state index contributed by atoms with van der Waals surface area (Å²) < 4.78 is 0. The van der Waals surface area contributed by atoms with Gasteiger partial charge in [-0.3, -0.25) is 14.6 Å². The quantitative estimate of drug-likeness (QED) is 0.898. The number of benzene rings is 2. The summed E-state index contributed by atoms with van der Waals surface area (Å²) in [6.07, 6.45) is 0.181. The fourth-order valence-corrected chi connectivity index (χ4v) is 2.75. The number of hydrazone groups is 1. The van der Waals surface area contributed by atoms with Crippen molar-refractivity contribution in [2.45, 2.75) is 26.3 Å². The number of nitrogens with two attached hydrogens (primary N) is 1. The van der Waals surface area contributed by atoms with Gasteiger partial charge in [-0.15, -0.1) is 0 Å². The molecule has 6 heteroatoms. The Morgan fingerprint density at radius 2 is 1.88 bits per heavy atom. The highest BCUT2D eigenvalue weighted by atomic mass is 16.2. The number of anilines is 2. The molecule has 2 amide bonds. The van der Waals surface area contributed by atoms with E-state index < -0.39 is 11.9 Å². The number of amides is 2. The molecule has 3 rings (SSSR count). The average molecular weight is 336 g/mol. The number of carbonyl (C=O) groups excluding carboxylic acids is 2. The molecule has 0 saturated carbocycles. The van der Waals surface area contributed by atoms with Crippen LogP contribution >= 0.6 is 0 Å². The lowest BCUT2D eigenvalue weighted by Gasteiger charge is -2.20. The highest BCUT2D eigenvalue weighted by Gasteiger charge is 2.35. The van der Waals surface area contributed by atoms with Gasteiger partial charge in [-0.2, -0.15) is 5.10 Å². The van der Waals surface area contributed by atoms with E-state index in [1.165, 1.54) is 5.01 Å². The van der Waals surface area contributed by atoms with Gasteiger partial charge in [0.1, 0.15) is 11.8 Å². The summed E-state index contributed by atoms with van der Waals surface area (Å²) in [6, 6.07) is 14.4. The second-order valence-electron chi connectivity index (χ2n) is 6.12. The Kier molecular flexibility index (Phi) is 4.52. The van der Waals surface area contributed by atoms with E-state index in [0.29, 0.717) is 0 Å². The molecule has 3 N–H and O–H groups in total. The van der Waals surface area contributed by atoms with Crippen LogP contribution in [0.25, 0.3) is 0 Å². The first-order valence-corrected chi connectivity index (χ1v) is 8.05. The number of primary amides is 1. The molecule has 0 saturated heterocycles.